The second kappa shape index (κ2) is 7.01. The maximum atomic E-state index is 11.7. The molecule has 0 bridgehead atoms. The zero-order valence-electron chi connectivity index (χ0n) is 12.5. The van der Waals surface area contributed by atoms with Gasteiger partial charge in [0.1, 0.15) is 9.81 Å². The second-order valence-corrected chi connectivity index (χ2v) is 7.47. The first-order chi connectivity index (χ1) is 12.1. The van der Waals surface area contributed by atoms with Crippen LogP contribution < -0.4 is 0 Å². The highest BCUT2D eigenvalue weighted by Gasteiger charge is 2.29. The van der Waals surface area contributed by atoms with Crippen LogP contribution in [0.2, 0.25) is 0 Å². The summed E-state index contributed by atoms with van der Waals surface area (Å²) in [6, 6.07) is 0. The fourth-order valence-electron chi connectivity index (χ4n) is 2.12. The highest BCUT2D eigenvalue weighted by Crippen LogP contribution is 2.33. The van der Waals surface area contributed by atoms with E-state index in [2.05, 4.69) is 20.5 Å². The molecule has 0 aromatic rings. The highest BCUT2D eigenvalue weighted by molar-refractivity contribution is 7.90. The van der Waals surface area contributed by atoms with Crippen LogP contribution in [-0.2, 0) is 20.2 Å². The molecule has 0 atom stereocenters. The van der Waals surface area contributed by atoms with Gasteiger partial charge in [0.05, 0.1) is 0 Å². The summed E-state index contributed by atoms with van der Waals surface area (Å²) in [5.41, 5.74) is 7.55. The van der Waals surface area contributed by atoms with Crippen molar-refractivity contribution in [3.8, 4) is 0 Å². The van der Waals surface area contributed by atoms with E-state index in [0.717, 1.165) is 24.3 Å². The Labute approximate surface area is 146 Å². The average molecular weight is 396 g/mol. The predicted molar refractivity (Wildman–Crippen MR) is 90.3 cm³/mol. The molecule has 2 aliphatic carbocycles. The van der Waals surface area contributed by atoms with Crippen molar-refractivity contribution in [2.75, 3.05) is 0 Å². The number of hydrogen-bond donors (Lipinski definition) is 2. The summed E-state index contributed by atoms with van der Waals surface area (Å²) < 4.78 is 65.5. The third-order valence-electron chi connectivity index (χ3n) is 3.10. The Balaban J connectivity index is 2.82. The molecule has 0 aromatic heterocycles. The van der Waals surface area contributed by atoms with Crippen LogP contribution in [0.25, 0.3) is 10.6 Å². The van der Waals surface area contributed by atoms with E-state index in [1.54, 1.807) is 0 Å². The zero-order chi connectivity index (χ0) is 19.5. The molecule has 2 N–H and O–H groups in total. The van der Waals surface area contributed by atoms with Gasteiger partial charge in [-0.1, -0.05) is 18.2 Å². The molecule has 2 rings (SSSR count). The number of rotatable bonds is 3. The molecule has 0 radical (unpaired) electrons. The fraction of sp³-hybridized carbons (Fsp3) is 0. The van der Waals surface area contributed by atoms with Crippen molar-refractivity contribution in [1.82, 2.24) is 0 Å². The Morgan fingerprint density at radius 2 is 1.35 bits per heavy atom. The van der Waals surface area contributed by atoms with Gasteiger partial charge >= 0.3 is 5.08 Å². The summed E-state index contributed by atoms with van der Waals surface area (Å²) in [5, 5.41) is 19.8. The van der Waals surface area contributed by atoms with Gasteiger partial charge in [-0.05, 0) is 23.9 Å². The molecule has 2 aliphatic rings. The van der Waals surface area contributed by atoms with Crippen molar-refractivity contribution in [3.63, 3.8) is 0 Å². The van der Waals surface area contributed by atoms with Crippen LogP contribution in [0.1, 0.15) is 0 Å². The summed E-state index contributed by atoms with van der Waals surface area (Å²) in [7, 11) is -9.69. The molecule has 12 nitrogen and oxygen atoms in total. The van der Waals surface area contributed by atoms with Crippen molar-refractivity contribution in [1.29, 1.82) is 5.39 Å². The Morgan fingerprint density at radius 3 is 1.77 bits per heavy atom. The van der Waals surface area contributed by atoms with E-state index in [4.69, 9.17) is 10.9 Å². The average Bonchev–Trinajstić information content (AvgIpc) is 2.54. The molecule has 0 saturated carbocycles. The first-order valence-corrected chi connectivity index (χ1v) is 9.29. The van der Waals surface area contributed by atoms with Crippen molar-refractivity contribution in [2.45, 2.75) is 0 Å². The van der Waals surface area contributed by atoms with Gasteiger partial charge in [0.25, 0.3) is 25.6 Å². The van der Waals surface area contributed by atoms with Crippen LogP contribution in [0.4, 0.5) is 0 Å². The standard InChI is InChI=1S/C12H8N6O6S2/c13-17-15-7-1-3-9(11(5-7)25(19,20)21)10-4-2-8(16-18-14)6-12(10)26(22,23)24/h1-6H,(H,19,20,21)(H,22,23,24). The van der Waals surface area contributed by atoms with Gasteiger partial charge in [0.2, 0.25) is 0 Å². The zero-order valence-corrected chi connectivity index (χ0v) is 14.1. The summed E-state index contributed by atoms with van der Waals surface area (Å²) in [6.07, 6.45) is 6.20. The van der Waals surface area contributed by atoms with E-state index in [1.807, 2.05) is 0 Å². The summed E-state index contributed by atoms with van der Waals surface area (Å²) in [4.78, 5) is -1.49. The van der Waals surface area contributed by atoms with Gasteiger partial charge in [-0.3, -0.25) is 14.3 Å². The highest BCUT2D eigenvalue weighted by atomic mass is 32.2. The minimum atomic E-state index is -4.85. The summed E-state index contributed by atoms with van der Waals surface area (Å²) >= 11 is 0. The van der Waals surface area contributed by atoms with Crippen LogP contribution in [0.15, 0.2) is 72.8 Å². The van der Waals surface area contributed by atoms with Crippen molar-refractivity contribution < 1.29 is 25.9 Å². The topological polar surface area (TPSA) is 196 Å². The van der Waals surface area contributed by atoms with Gasteiger partial charge in [-0.15, -0.1) is 0 Å². The molecule has 26 heavy (non-hydrogen) atoms. The van der Waals surface area contributed by atoms with Crippen LogP contribution in [0.3, 0.4) is 0 Å². The van der Waals surface area contributed by atoms with Gasteiger partial charge < -0.3 is 10.6 Å². The molecule has 0 fully saturated rings. The van der Waals surface area contributed by atoms with Gasteiger partial charge in [-0.2, -0.15) is 16.8 Å². The van der Waals surface area contributed by atoms with E-state index in [0.29, 0.717) is 0 Å². The van der Waals surface area contributed by atoms with Gasteiger partial charge in [0, 0.05) is 11.1 Å². The lowest BCUT2D eigenvalue weighted by Gasteiger charge is -2.18. The van der Waals surface area contributed by atoms with Crippen LogP contribution in [0.5, 0.6) is 0 Å². The molecule has 134 valence electrons. The maximum Gasteiger partial charge on any atom is 0.339 e. The second-order valence-electron chi connectivity index (χ2n) is 4.69. The largest absolute Gasteiger partial charge is 0.362 e. The van der Waals surface area contributed by atoms with E-state index >= 15 is 0 Å². The smallest absolute Gasteiger partial charge is 0.339 e. The van der Waals surface area contributed by atoms with Gasteiger partial charge in [-0.25, -0.2) is 0 Å². The Hall–Kier alpha value is -3.12. The van der Waals surface area contributed by atoms with Crippen molar-refractivity contribution in [2.24, 2.45) is 15.4 Å². The Morgan fingerprint density at radius 1 is 0.885 bits per heavy atom. The van der Waals surface area contributed by atoms with E-state index < -0.39 is 30.0 Å². The predicted octanol–water partition coefficient (Wildman–Crippen LogP) is 1.55. The molecule has 0 unspecified atom stereocenters. The Bertz CT molecular complexity index is 1140. The van der Waals surface area contributed by atoms with Gasteiger partial charge in [0.15, 0.2) is 10.8 Å². The summed E-state index contributed by atoms with van der Waals surface area (Å²) in [6.45, 7) is 0. The molecule has 0 aliphatic heterocycles. The normalized spacial score (nSPS) is 23.6. The lowest BCUT2D eigenvalue weighted by atomic mass is 9.98. The molecule has 0 heterocycles. The number of allylic oxidation sites excluding steroid dienone is 8. The first kappa shape index (κ1) is 19.2. The maximum absolute atomic E-state index is 11.7. The SMILES string of the molecule is N#[N+]N=C1C=CC(=C2C=CC(=NN=[N-])C=C2S(=O)(=O)O)C(S(=O)(=O)O)=C1. The number of hydrogen-bond acceptors (Lipinski definition) is 7. The van der Waals surface area contributed by atoms with Crippen molar-refractivity contribution >= 4 is 31.7 Å². The molecular weight excluding hydrogens is 388 g/mol. The third kappa shape index (κ3) is 4.10. The van der Waals surface area contributed by atoms with Crippen molar-refractivity contribution in [3.05, 3.63) is 68.0 Å². The number of nitrogens with zero attached hydrogens (tertiary/aromatic N) is 6. The fourth-order valence-corrected chi connectivity index (χ4v) is 3.57. The third-order valence-corrected chi connectivity index (χ3v) is 4.88. The molecular formula is C12H8N6O6S2. The monoisotopic (exact) mass is 396 g/mol. The minimum absolute atomic E-state index is 0.150. The van der Waals surface area contributed by atoms with Crippen LogP contribution >= 0.6 is 0 Å². The van der Waals surface area contributed by atoms with Crippen LogP contribution in [-0.4, -0.2) is 37.4 Å². The molecule has 0 amide bonds. The van der Waals surface area contributed by atoms with E-state index in [-0.39, 0.29) is 22.6 Å². The lowest BCUT2D eigenvalue weighted by molar-refractivity contribution is 0.488. The quantitative estimate of drug-likeness (QED) is 0.312. The minimum Gasteiger partial charge on any atom is -0.362 e. The molecule has 0 aromatic carbocycles. The molecule has 0 saturated heterocycles. The van der Waals surface area contributed by atoms with E-state index in [1.165, 1.54) is 12.2 Å². The number of diazo groups is 1. The summed E-state index contributed by atoms with van der Waals surface area (Å²) in [5.74, 6) is 0. The van der Waals surface area contributed by atoms with E-state index in [9.17, 15) is 25.9 Å². The first-order valence-electron chi connectivity index (χ1n) is 6.41. The molecule has 0 spiro atoms. The molecule has 14 heteroatoms. The lowest BCUT2D eigenvalue weighted by Crippen LogP contribution is -2.16. The van der Waals surface area contributed by atoms with Crippen LogP contribution in [0, 0.1) is 5.39 Å². The Kier molecular flexibility index (Phi) is 5.18.